The molecule has 0 aliphatic carbocycles. The van der Waals surface area contributed by atoms with Crippen LogP contribution in [0.2, 0.25) is 0 Å². The lowest BCUT2D eigenvalue weighted by Gasteiger charge is -2.07. The molecule has 0 saturated heterocycles. The van der Waals surface area contributed by atoms with E-state index in [9.17, 15) is 4.79 Å². The molecule has 0 atom stereocenters. The number of hydrogen-bond donors (Lipinski definition) is 2. The Labute approximate surface area is 157 Å². The van der Waals surface area contributed by atoms with Crippen LogP contribution in [-0.2, 0) is 0 Å². The molecule has 1 aromatic heterocycles. The minimum absolute atomic E-state index is 0.305. The van der Waals surface area contributed by atoms with Crippen molar-refractivity contribution < 1.29 is 14.3 Å². The quantitative estimate of drug-likeness (QED) is 0.497. The van der Waals surface area contributed by atoms with Gasteiger partial charge in [-0.25, -0.2) is 5.43 Å². The second-order valence-electron chi connectivity index (χ2n) is 5.57. The van der Waals surface area contributed by atoms with Crippen LogP contribution in [0.15, 0.2) is 59.7 Å². The van der Waals surface area contributed by atoms with Crippen molar-refractivity contribution in [3.8, 4) is 22.8 Å². The van der Waals surface area contributed by atoms with Crippen LogP contribution in [0.3, 0.4) is 0 Å². The SMILES string of the molecule is CCOc1ccccc1-c1cc(C(=O)N/N=C\c2cccc(OC)c2)[nH]n1. The smallest absolute Gasteiger partial charge is 0.289 e. The summed E-state index contributed by atoms with van der Waals surface area (Å²) in [6.07, 6.45) is 1.54. The van der Waals surface area contributed by atoms with Crippen LogP contribution in [0, 0.1) is 0 Å². The molecule has 0 unspecified atom stereocenters. The van der Waals surface area contributed by atoms with E-state index in [1.54, 1.807) is 19.4 Å². The fourth-order valence-electron chi connectivity index (χ4n) is 2.48. The van der Waals surface area contributed by atoms with Gasteiger partial charge in [-0.1, -0.05) is 24.3 Å². The Morgan fingerprint density at radius 1 is 1.22 bits per heavy atom. The molecule has 7 heteroatoms. The highest BCUT2D eigenvalue weighted by Crippen LogP contribution is 2.28. The van der Waals surface area contributed by atoms with Gasteiger partial charge in [0.2, 0.25) is 0 Å². The second kappa shape index (κ2) is 8.66. The fraction of sp³-hybridized carbons (Fsp3) is 0.150. The molecule has 0 saturated carbocycles. The summed E-state index contributed by atoms with van der Waals surface area (Å²) in [5, 5.41) is 10.9. The molecule has 0 aliphatic heterocycles. The van der Waals surface area contributed by atoms with E-state index in [2.05, 4.69) is 20.7 Å². The van der Waals surface area contributed by atoms with Gasteiger partial charge < -0.3 is 9.47 Å². The Kier molecular flexibility index (Phi) is 5.84. The van der Waals surface area contributed by atoms with E-state index in [1.807, 2.05) is 55.5 Å². The average molecular weight is 364 g/mol. The molecular weight excluding hydrogens is 344 g/mol. The Hall–Kier alpha value is -3.61. The first kappa shape index (κ1) is 18.2. The number of H-pyrrole nitrogens is 1. The molecule has 1 amide bonds. The molecule has 0 spiro atoms. The average Bonchev–Trinajstić information content (AvgIpc) is 3.19. The Balaban J connectivity index is 1.69. The molecule has 3 rings (SSSR count). The molecule has 7 nitrogen and oxygen atoms in total. The second-order valence-corrected chi connectivity index (χ2v) is 5.57. The number of ether oxygens (including phenoxy) is 2. The van der Waals surface area contributed by atoms with Crippen LogP contribution in [0.25, 0.3) is 11.3 Å². The number of nitrogens with one attached hydrogen (secondary N) is 2. The fourth-order valence-corrected chi connectivity index (χ4v) is 2.48. The van der Waals surface area contributed by atoms with E-state index in [1.165, 1.54) is 0 Å². The summed E-state index contributed by atoms with van der Waals surface area (Å²) in [6, 6.07) is 16.6. The highest BCUT2D eigenvalue weighted by Gasteiger charge is 2.13. The first-order chi connectivity index (χ1) is 13.2. The summed E-state index contributed by atoms with van der Waals surface area (Å²) >= 11 is 0. The van der Waals surface area contributed by atoms with E-state index in [4.69, 9.17) is 9.47 Å². The van der Waals surface area contributed by atoms with Gasteiger partial charge in [-0.15, -0.1) is 0 Å². The molecule has 138 valence electrons. The standard InChI is InChI=1S/C20H20N4O3/c1-3-27-19-10-5-4-9-16(19)17-12-18(23-22-17)20(25)24-21-13-14-7-6-8-15(11-14)26-2/h4-13H,3H2,1-2H3,(H,22,23)(H,24,25)/b21-13-. The molecule has 2 N–H and O–H groups in total. The van der Waals surface area contributed by atoms with Crippen molar-refractivity contribution in [3.63, 3.8) is 0 Å². The summed E-state index contributed by atoms with van der Waals surface area (Å²) in [5.74, 6) is 1.05. The third-order valence-corrected chi connectivity index (χ3v) is 3.76. The molecular formula is C20H20N4O3. The Morgan fingerprint density at radius 3 is 2.89 bits per heavy atom. The van der Waals surface area contributed by atoms with Crippen LogP contribution in [0.4, 0.5) is 0 Å². The number of aromatic amines is 1. The van der Waals surface area contributed by atoms with Crippen molar-refractivity contribution in [2.24, 2.45) is 5.10 Å². The number of nitrogens with zero attached hydrogens (tertiary/aromatic N) is 2. The number of aromatic nitrogens is 2. The zero-order chi connectivity index (χ0) is 19.1. The summed E-state index contributed by atoms with van der Waals surface area (Å²) in [5.41, 5.74) is 5.03. The van der Waals surface area contributed by atoms with Gasteiger partial charge in [-0.05, 0) is 42.8 Å². The van der Waals surface area contributed by atoms with E-state index < -0.39 is 0 Å². The molecule has 0 radical (unpaired) electrons. The number of methoxy groups -OCH3 is 1. The van der Waals surface area contributed by atoms with Gasteiger partial charge in [0.05, 0.1) is 25.6 Å². The van der Waals surface area contributed by atoms with Crippen molar-refractivity contribution in [3.05, 3.63) is 65.9 Å². The monoisotopic (exact) mass is 364 g/mol. The van der Waals surface area contributed by atoms with Crippen molar-refractivity contribution in [1.82, 2.24) is 15.6 Å². The molecule has 0 bridgehead atoms. The normalized spacial score (nSPS) is 10.7. The van der Waals surface area contributed by atoms with Gasteiger partial charge in [-0.3, -0.25) is 9.89 Å². The minimum Gasteiger partial charge on any atom is -0.497 e. The maximum Gasteiger partial charge on any atom is 0.289 e. The zero-order valence-electron chi connectivity index (χ0n) is 15.1. The number of rotatable bonds is 7. The van der Waals surface area contributed by atoms with E-state index >= 15 is 0 Å². The number of para-hydroxylation sites is 1. The third-order valence-electron chi connectivity index (χ3n) is 3.76. The van der Waals surface area contributed by atoms with Crippen molar-refractivity contribution in [2.45, 2.75) is 6.92 Å². The molecule has 1 heterocycles. The number of carbonyl (C=O) groups is 1. The lowest BCUT2D eigenvalue weighted by molar-refractivity contribution is 0.0950. The molecule has 27 heavy (non-hydrogen) atoms. The number of amides is 1. The van der Waals surface area contributed by atoms with Gasteiger partial charge in [-0.2, -0.15) is 10.2 Å². The van der Waals surface area contributed by atoms with E-state index in [-0.39, 0.29) is 5.91 Å². The maximum absolute atomic E-state index is 12.3. The highest BCUT2D eigenvalue weighted by molar-refractivity contribution is 5.94. The van der Waals surface area contributed by atoms with Crippen molar-refractivity contribution >= 4 is 12.1 Å². The molecule has 2 aromatic carbocycles. The van der Waals surface area contributed by atoms with Crippen LogP contribution in [0.5, 0.6) is 11.5 Å². The lowest BCUT2D eigenvalue weighted by Crippen LogP contribution is -2.18. The van der Waals surface area contributed by atoms with Gasteiger partial charge in [0, 0.05) is 5.56 Å². The number of carbonyl (C=O) groups excluding carboxylic acids is 1. The first-order valence-corrected chi connectivity index (χ1v) is 8.46. The summed E-state index contributed by atoms with van der Waals surface area (Å²) < 4.78 is 10.8. The van der Waals surface area contributed by atoms with E-state index in [0.717, 1.165) is 22.6 Å². The number of hydrazone groups is 1. The Bertz CT molecular complexity index is 950. The minimum atomic E-state index is -0.387. The topological polar surface area (TPSA) is 88.6 Å². The third kappa shape index (κ3) is 4.52. The zero-order valence-corrected chi connectivity index (χ0v) is 15.1. The largest absolute Gasteiger partial charge is 0.497 e. The van der Waals surface area contributed by atoms with Crippen LogP contribution in [-0.4, -0.2) is 36.0 Å². The van der Waals surface area contributed by atoms with Gasteiger partial charge in [0.15, 0.2) is 0 Å². The molecule has 0 aliphatic rings. The van der Waals surface area contributed by atoms with Crippen LogP contribution < -0.4 is 14.9 Å². The van der Waals surface area contributed by atoms with Crippen LogP contribution in [0.1, 0.15) is 23.0 Å². The molecule has 0 fully saturated rings. The van der Waals surface area contributed by atoms with Crippen molar-refractivity contribution in [2.75, 3.05) is 13.7 Å². The van der Waals surface area contributed by atoms with Gasteiger partial charge >= 0.3 is 0 Å². The van der Waals surface area contributed by atoms with Gasteiger partial charge in [0.1, 0.15) is 17.2 Å². The first-order valence-electron chi connectivity index (χ1n) is 8.46. The predicted molar refractivity (Wildman–Crippen MR) is 103 cm³/mol. The lowest BCUT2D eigenvalue weighted by atomic mass is 10.1. The van der Waals surface area contributed by atoms with Crippen molar-refractivity contribution in [1.29, 1.82) is 0 Å². The molecule has 3 aromatic rings. The Morgan fingerprint density at radius 2 is 2.07 bits per heavy atom. The maximum atomic E-state index is 12.3. The highest BCUT2D eigenvalue weighted by atomic mass is 16.5. The van der Waals surface area contributed by atoms with Gasteiger partial charge in [0.25, 0.3) is 5.91 Å². The number of hydrogen-bond acceptors (Lipinski definition) is 5. The number of benzene rings is 2. The summed E-state index contributed by atoms with van der Waals surface area (Å²) in [4.78, 5) is 12.3. The predicted octanol–water partition coefficient (Wildman–Crippen LogP) is 3.25. The van der Waals surface area contributed by atoms with E-state index in [0.29, 0.717) is 18.0 Å². The summed E-state index contributed by atoms with van der Waals surface area (Å²) in [6.45, 7) is 2.47. The van der Waals surface area contributed by atoms with Crippen LogP contribution >= 0.6 is 0 Å². The summed E-state index contributed by atoms with van der Waals surface area (Å²) in [7, 11) is 1.59.